The first-order valence-corrected chi connectivity index (χ1v) is 3.76. The molecule has 0 heterocycles. The Labute approximate surface area is 75.7 Å². The van der Waals surface area contributed by atoms with Gasteiger partial charge in [0.2, 0.25) is 5.91 Å². The molecule has 6 heteroatoms. The van der Waals surface area contributed by atoms with E-state index in [-0.39, 0.29) is 6.54 Å². The van der Waals surface area contributed by atoms with Crippen molar-refractivity contribution in [3.05, 3.63) is 0 Å². The first-order valence-electron chi connectivity index (χ1n) is 3.76. The maximum atomic E-state index is 10.5. The number of aliphatic hydroxyl groups is 1. The molecule has 5 N–H and O–H groups in total. The van der Waals surface area contributed by atoms with Crippen LogP contribution in [0.1, 0.15) is 13.8 Å². The van der Waals surface area contributed by atoms with E-state index in [9.17, 15) is 14.7 Å². The monoisotopic (exact) mass is 190 g/mol. The summed E-state index contributed by atoms with van der Waals surface area (Å²) in [4.78, 5) is 20.9. The van der Waals surface area contributed by atoms with Crippen molar-refractivity contribution in [1.82, 2.24) is 5.32 Å². The Morgan fingerprint density at radius 1 is 1.62 bits per heavy atom. The summed E-state index contributed by atoms with van der Waals surface area (Å²) >= 11 is 0. The van der Waals surface area contributed by atoms with Crippen molar-refractivity contribution < 1.29 is 19.8 Å². The van der Waals surface area contributed by atoms with Crippen molar-refractivity contribution >= 4 is 11.9 Å². The molecule has 0 saturated carbocycles. The van der Waals surface area contributed by atoms with Crippen LogP contribution >= 0.6 is 0 Å². The third kappa shape index (κ3) is 3.86. The Kier molecular flexibility index (Phi) is 3.83. The molecule has 0 aromatic rings. The highest BCUT2D eigenvalue weighted by molar-refractivity contribution is 5.80. The maximum absolute atomic E-state index is 10.5. The molecule has 13 heavy (non-hydrogen) atoms. The van der Waals surface area contributed by atoms with Crippen LogP contribution < -0.4 is 11.1 Å². The number of hydrogen-bond acceptors (Lipinski definition) is 4. The van der Waals surface area contributed by atoms with Crippen molar-refractivity contribution in [2.75, 3.05) is 6.54 Å². The van der Waals surface area contributed by atoms with E-state index in [0.717, 1.165) is 6.92 Å². The minimum absolute atomic E-state index is 0.230. The lowest BCUT2D eigenvalue weighted by Crippen LogP contribution is -2.50. The fourth-order valence-electron chi connectivity index (χ4n) is 0.528. The minimum atomic E-state index is -1.89. The van der Waals surface area contributed by atoms with Crippen LogP contribution in [-0.2, 0) is 9.59 Å². The fraction of sp³-hybridized carbons (Fsp3) is 0.714. The second kappa shape index (κ2) is 4.20. The molecule has 0 rings (SSSR count). The number of carbonyl (C=O) groups excluding carboxylic acids is 1. The molecule has 2 atom stereocenters. The summed E-state index contributed by atoms with van der Waals surface area (Å²) in [7, 11) is 0. The molecule has 0 radical (unpaired) electrons. The summed E-state index contributed by atoms with van der Waals surface area (Å²) in [6, 6.07) is -0.661. The van der Waals surface area contributed by atoms with Gasteiger partial charge in [-0.1, -0.05) is 0 Å². The van der Waals surface area contributed by atoms with Crippen LogP contribution in [0.4, 0.5) is 0 Å². The van der Waals surface area contributed by atoms with E-state index < -0.39 is 23.5 Å². The Bertz CT molecular complexity index is 215. The summed E-state index contributed by atoms with van der Waals surface area (Å²) in [5.74, 6) is -1.95. The minimum Gasteiger partial charge on any atom is -0.479 e. The Hall–Kier alpha value is -1.14. The lowest BCUT2D eigenvalue weighted by molar-refractivity contribution is -0.156. The summed E-state index contributed by atoms with van der Waals surface area (Å²) in [6.07, 6.45) is 0. The van der Waals surface area contributed by atoms with Crippen LogP contribution in [0.5, 0.6) is 0 Å². The van der Waals surface area contributed by atoms with Crippen molar-refractivity contribution in [2.45, 2.75) is 25.5 Å². The summed E-state index contributed by atoms with van der Waals surface area (Å²) < 4.78 is 0. The number of rotatable bonds is 5. The number of hydrogen-bond donors (Lipinski definition) is 4. The fourth-order valence-corrected chi connectivity index (χ4v) is 0.528. The molecular formula is C7H14N2O4. The number of nitrogens with two attached hydrogens (primary N) is 1. The molecule has 1 amide bonds. The van der Waals surface area contributed by atoms with Gasteiger partial charge in [-0.3, -0.25) is 4.79 Å². The van der Waals surface area contributed by atoms with E-state index in [2.05, 4.69) is 5.32 Å². The van der Waals surface area contributed by atoms with E-state index in [1.165, 1.54) is 6.92 Å². The molecule has 0 fully saturated rings. The predicted molar refractivity (Wildman–Crippen MR) is 44.9 cm³/mol. The van der Waals surface area contributed by atoms with E-state index >= 15 is 0 Å². The number of aliphatic carboxylic acids is 1. The lowest BCUT2D eigenvalue weighted by atomic mass is 10.1. The topological polar surface area (TPSA) is 113 Å². The second-order valence-corrected chi connectivity index (χ2v) is 3.08. The molecule has 2 unspecified atom stereocenters. The van der Waals surface area contributed by atoms with Gasteiger partial charge < -0.3 is 21.3 Å². The van der Waals surface area contributed by atoms with Crippen LogP contribution in [0.25, 0.3) is 0 Å². The number of carbonyl (C=O) groups is 2. The molecule has 6 nitrogen and oxygen atoms in total. The molecular weight excluding hydrogens is 176 g/mol. The van der Waals surface area contributed by atoms with Gasteiger partial charge in [0.15, 0.2) is 5.60 Å². The summed E-state index contributed by atoms with van der Waals surface area (Å²) in [6.45, 7) is 2.39. The molecule has 0 aromatic heterocycles. The number of amides is 1. The molecule has 76 valence electrons. The predicted octanol–water partition coefficient (Wildman–Crippen LogP) is -1.71. The summed E-state index contributed by atoms with van der Waals surface area (Å²) in [5, 5.41) is 20.2. The van der Waals surface area contributed by atoms with Gasteiger partial charge in [-0.25, -0.2) is 4.79 Å². The van der Waals surface area contributed by atoms with E-state index in [0.29, 0.717) is 0 Å². The zero-order valence-electron chi connectivity index (χ0n) is 7.57. The van der Waals surface area contributed by atoms with E-state index in [4.69, 9.17) is 10.8 Å². The third-order valence-electron chi connectivity index (χ3n) is 1.64. The average Bonchev–Trinajstić information content (AvgIpc) is 1.99. The SMILES string of the molecule is CC(NCC(C)(O)C(=O)O)C(N)=O. The highest BCUT2D eigenvalue weighted by Gasteiger charge is 2.30. The molecule has 0 aliphatic heterocycles. The van der Waals surface area contributed by atoms with Gasteiger partial charge >= 0.3 is 5.97 Å². The molecule has 0 spiro atoms. The molecule has 0 saturated heterocycles. The average molecular weight is 190 g/mol. The summed E-state index contributed by atoms with van der Waals surface area (Å²) in [5.41, 5.74) is 3.03. The van der Waals surface area contributed by atoms with Crippen LogP contribution in [0, 0.1) is 0 Å². The Morgan fingerprint density at radius 3 is 2.38 bits per heavy atom. The van der Waals surface area contributed by atoms with Crippen molar-refractivity contribution in [3.8, 4) is 0 Å². The maximum Gasteiger partial charge on any atom is 0.336 e. The van der Waals surface area contributed by atoms with Gasteiger partial charge in [-0.2, -0.15) is 0 Å². The highest BCUT2D eigenvalue weighted by Crippen LogP contribution is 2.01. The van der Waals surface area contributed by atoms with Gasteiger partial charge in [0.25, 0.3) is 0 Å². The smallest absolute Gasteiger partial charge is 0.336 e. The third-order valence-corrected chi connectivity index (χ3v) is 1.64. The first-order chi connectivity index (χ1) is 5.77. The number of carboxylic acids is 1. The Morgan fingerprint density at radius 2 is 2.08 bits per heavy atom. The normalized spacial score (nSPS) is 17.5. The first kappa shape index (κ1) is 11.9. The van der Waals surface area contributed by atoms with Gasteiger partial charge in [-0.05, 0) is 13.8 Å². The second-order valence-electron chi connectivity index (χ2n) is 3.08. The van der Waals surface area contributed by atoms with Crippen molar-refractivity contribution in [3.63, 3.8) is 0 Å². The van der Waals surface area contributed by atoms with Crippen LogP contribution in [-0.4, -0.2) is 40.3 Å². The van der Waals surface area contributed by atoms with Gasteiger partial charge in [0.05, 0.1) is 6.04 Å². The number of primary amides is 1. The van der Waals surface area contributed by atoms with Crippen LogP contribution in [0.15, 0.2) is 0 Å². The Balaban J connectivity index is 4.02. The standard InChI is InChI=1S/C7H14N2O4/c1-4(5(8)10)9-3-7(2,13)6(11)12/h4,9,13H,3H2,1-2H3,(H2,8,10)(H,11,12). The number of nitrogens with one attached hydrogen (secondary N) is 1. The number of carboxylic acid groups (broad SMARTS) is 1. The molecule has 0 aliphatic rings. The molecule has 0 aromatic carbocycles. The van der Waals surface area contributed by atoms with Gasteiger partial charge in [0.1, 0.15) is 0 Å². The van der Waals surface area contributed by atoms with Gasteiger partial charge in [0, 0.05) is 6.54 Å². The van der Waals surface area contributed by atoms with Crippen molar-refractivity contribution in [2.24, 2.45) is 5.73 Å². The molecule has 0 aliphatic carbocycles. The zero-order chi connectivity index (χ0) is 10.6. The van der Waals surface area contributed by atoms with E-state index in [1.807, 2.05) is 0 Å². The van der Waals surface area contributed by atoms with Crippen LogP contribution in [0.2, 0.25) is 0 Å². The van der Waals surface area contributed by atoms with E-state index in [1.54, 1.807) is 0 Å². The molecule has 0 bridgehead atoms. The lowest BCUT2D eigenvalue weighted by Gasteiger charge is -2.20. The highest BCUT2D eigenvalue weighted by atomic mass is 16.4. The van der Waals surface area contributed by atoms with Crippen molar-refractivity contribution in [1.29, 1.82) is 0 Å². The quantitative estimate of drug-likeness (QED) is 0.412. The largest absolute Gasteiger partial charge is 0.479 e. The van der Waals surface area contributed by atoms with Crippen LogP contribution in [0.3, 0.4) is 0 Å². The zero-order valence-corrected chi connectivity index (χ0v) is 7.57. The van der Waals surface area contributed by atoms with Gasteiger partial charge in [-0.15, -0.1) is 0 Å².